The molecule has 0 bridgehead atoms. The second-order valence-electron chi connectivity index (χ2n) is 6.06. The Bertz CT molecular complexity index is 881. The number of hydrogen-bond acceptors (Lipinski definition) is 9. The van der Waals surface area contributed by atoms with E-state index in [9.17, 15) is 14.4 Å². The number of fused-ring (bicyclic) bond motifs is 1. The number of anilines is 1. The predicted molar refractivity (Wildman–Crippen MR) is 90.3 cm³/mol. The molecule has 1 N–H and O–H groups in total. The molecule has 0 radical (unpaired) electrons. The molecule has 0 aliphatic carbocycles. The van der Waals surface area contributed by atoms with Crippen molar-refractivity contribution in [1.29, 1.82) is 0 Å². The van der Waals surface area contributed by atoms with Crippen LogP contribution in [0.4, 0.5) is 5.82 Å². The van der Waals surface area contributed by atoms with Gasteiger partial charge in [-0.3, -0.25) is 19.0 Å². The highest BCUT2D eigenvalue weighted by atomic mass is 16.6. The number of carbonyl (C=O) groups is 3. The summed E-state index contributed by atoms with van der Waals surface area (Å²) in [5.74, 6) is -0.905. The van der Waals surface area contributed by atoms with E-state index < -0.39 is 30.4 Å². The van der Waals surface area contributed by atoms with Gasteiger partial charge in [-0.1, -0.05) is 0 Å². The van der Waals surface area contributed by atoms with Crippen LogP contribution in [0.2, 0.25) is 0 Å². The van der Waals surface area contributed by atoms with Crippen LogP contribution in [0.15, 0.2) is 12.7 Å². The summed E-state index contributed by atoms with van der Waals surface area (Å²) in [7, 11) is 0. The molecule has 1 fully saturated rings. The van der Waals surface area contributed by atoms with Gasteiger partial charge >= 0.3 is 11.9 Å². The Hall–Kier alpha value is -3.08. The summed E-state index contributed by atoms with van der Waals surface area (Å²) in [5.41, 5.74) is 0.783. The number of esters is 2. The van der Waals surface area contributed by atoms with E-state index in [2.05, 4.69) is 20.3 Å². The van der Waals surface area contributed by atoms with Crippen molar-refractivity contribution in [2.45, 2.75) is 45.6 Å². The minimum absolute atomic E-state index is 0.0440. The lowest BCUT2D eigenvalue weighted by Crippen LogP contribution is -2.24. The third-order valence-electron chi connectivity index (χ3n) is 3.86. The molecule has 0 aromatic carbocycles. The van der Waals surface area contributed by atoms with Crippen LogP contribution in [0.5, 0.6) is 0 Å². The highest BCUT2D eigenvalue weighted by molar-refractivity contribution is 5.95. The average Bonchev–Trinajstić information content (AvgIpc) is 3.16. The number of carbonyl (C=O) groups excluding carboxylic acids is 3. The number of nitrogens with zero attached hydrogens (tertiary/aromatic N) is 4. The Kier molecular flexibility index (Phi) is 5.31. The number of rotatable bonds is 5. The molecule has 0 saturated carbocycles. The largest absolute Gasteiger partial charge is 0.463 e. The van der Waals surface area contributed by atoms with Gasteiger partial charge in [0.25, 0.3) is 0 Å². The lowest BCUT2D eigenvalue weighted by Gasteiger charge is -2.19. The average molecular weight is 377 g/mol. The van der Waals surface area contributed by atoms with Gasteiger partial charge in [-0.05, 0) is 0 Å². The Morgan fingerprint density at radius 1 is 1.22 bits per heavy atom. The van der Waals surface area contributed by atoms with Crippen molar-refractivity contribution in [3.05, 3.63) is 12.7 Å². The molecule has 2 aromatic rings. The third-order valence-corrected chi connectivity index (χ3v) is 3.86. The number of amides is 1. The number of ether oxygens (including phenoxy) is 3. The van der Waals surface area contributed by atoms with Crippen molar-refractivity contribution in [2.75, 3.05) is 11.9 Å². The number of nitrogens with one attached hydrogen (secondary N) is 1. The molecule has 27 heavy (non-hydrogen) atoms. The first-order valence-corrected chi connectivity index (χ1v) is 8.26. The fraction of sp³-hybridized carbons (Fsp3) is 0.500. The van der Waals surface area contributed by atoms with Crippen molar-refractivity contribution in [2.24, 2.45) is 0 Å². The van der Waals surface area contributed by atoms with Crippen molar-refractivity contribution in [3.63, 3.8) is 0 Å². The smallest absolute Gasteiger partial charge is 0.303 e. The zero-order valence-electron chi connectivity index (χ0n) is 15.0. The molecule has 11 nitrogen and oxygen atoms in total. The van der Waals surface area contributed by atoms with E-state index in [0.717, 1.165) is 0 Å². The fourth-order valence-corrected chi connectivity index (χ4v) is 2.89. The van der Waals surface area contributed by atoms with Crippen LogP contribution >= 0.6 is 0 Å². The van der Waals surface area contributed by atoms with Crippen LogP contribution in [-0.2, 0) is 28.6 Å². The first-order valence-electron chi connectivity index (χ1n) is 8.26. The topological polar surface area (TPSA) is 135 Å². The zero-order valence-corrected chi connectivity index (χ0v) is 15.0. The van der Waals surface area contributed by atoms with Crippen LogP contribution in [-0.4, -0.2) is 56.2 Å². The Balaban J connectivity index is 1.91. The maximum absolute atomic E-state index is 11.5. The summed E-state index contributed by atoms with van der Waals surface area (Å²) in [6, 6.07) is 0. The SMILES string of the molecule is CC(=O)Nc1ncnc2c1ncn2[C@@H]1O[C@H](COC(C)=O)C[C@H]1OC(C)=O. The standard InChI is InChI=1S/C16H19N5O6/c1-8(22)20-14-13-15(18-6-17-14)21(7-19-13)16-12(26-10(3)24)4-11(27-16)5-25-9(2)23/h6-7,11-12,16H,4-5H2,1-3H3,(H,17,18,20,22)/t11-,12+,16+/m0/s1. The quantitative estimate of drug-likeness (QED) is 0.742. The van der Waals surface area contributed by atoms with Gasteiger partial charge < -0.3 is 19.5 Å². The summed E-state index contributed by atoms with van der Waals surface area (Å²) in [4.78, 5) is 46.3. The summed E-state index contributed by atoms with van der Waals surface area (Å²) >= 11 is 0. The van der Waals surface area contributed by atoms with Gasteiger partial charge in [0.05, 0.1) is 12.4 Å². The van der Waals surface area contributed by atoms with E-state index in [1.807, 2.05) is 0 Å². The highest BCUT2D eigenvalue weighted by Gasteiger charge is 2.40. The molecule has 2 aromatic heterocycles. The van der Waals surface area contributed by atoms with E-state index in [-0.39, 0.29) is 18.3 Å². The molecular weight excluding hydrogens is 358 g/mol. The molecule has 1 aliphatic rings. The van der Waals surface area contributed by atoms with Gasteiger partial charge in [0.2, 0.25) is 5.91 Å². The van der Waals surface area contributed by atoms with Crippen molar-refractivity contribution in [3.8, 4) is 0 Å². The maximum atomic E-state index is 11.5. The Morgan fingerprint density at radius 2 is 2.00 bits per heavy atom. The molecule has 144 valence electrons. The molecule has 0 unspecified atom stereocenters. The lowest BCUT2D eigenvalue weighted by molar-refractivity contribution is -0.152. The second kappa shape index (κ2) is 7.66. The third kappa shape index (κ3) is 4.19. The molecule has 3 rings (SSSR count). The monoisotopic (exact) mass is 377 g/mol. The van der Waals surface area contributed by atoms with Crippen molar-refractivity contribution >= 4 is 34.8 Å². The number of imidazole rings is 1. The second-order valence-corrected chi connectivity index (χ2v) is 6.06. The van der Waals surface area contributed by atoms with Gasteiger partial charge in [0.15, 0.2) is 23.2 Å². The highest BCUT2D eigenvalue weighted by Crippen LogP contribution is 2.34. The van der Waals surface area contributed by atoms with E-state index in [1.54, 1.807) is 4.57 Å². The van der Waals surface area contributed by atoms with Gasteiger partial charge in [-0.25, -0.2) is 15.0 Å². The first kappa shape index (κ1) is 18.7. The van der Waals surface area contributed by atoms with Crippen LogP contribution in [0.1, 0.15) is 33.4 Å². The summed E-state index contributed by atoms with van der Waals surface area (Å²) < 4.78 is 17.9. The fourth-order valence-electron chi connectivity index (χ4n) is 2.89. The zero-order chi connectivity index (χ0) is 19.6. The normalized spacial score (nSPS) is 21.8. The summed E-state index contributed by atoms with van der Waals surface area (Å²) in [6.45, 7) is 4.02. The van der Waals surface area contributed by atoms with Crippen molar-refractivity contribution in [1.82, 2.24) is 19.5 Å². The number of aromatic nitrogens is 4. The first-order chi connectivity index (χ1) is 12.8. The molecule has 11 heteroatoms. The molecule has 0 spiro atoms. The predicted octanol–water partition coefficient (Wildman–Crippen LogP) is 0.567. The number of hydrogen-bond donors (Lipinski definition) is 1. The molecule has 1 amide bonds. The molecule has 3 heterocycles. The summed E-state index contributed by atoms with van der Waals surface area (Å²) in [5, 5.41) is 2.59. The van der Waals surface area contributed by atoms with Gasteiger partial charge in [0.1, 0.15) is 19.0 Å². The van der Waals surface area contributed by atoms with Crippen LogP contribution in [0.25, 0.3) is 11.2 Å². The molecule has 1 aliphatic heterocycles. The van der Waals surface area contributed by atoms with Gasteiger partial charge in [-0.15, -0.1) is 0 Å². The minimum Gasteiger partial charge on any atom is -0.463 e. The molecule has 1 saturated heterocycles. The van der Waals surface area contributed by atoms with Crippen LogP contribution in [0, 0.1) is 0 Å². The Morgan fingerprint density at radius 3 is 2.67 bits per heavy atom. The molecular formula is C16H19N5O6. The molecule has 3 atom stereocenters. The van der Waals surface area contributed by atoms with Gasteiger partial charge in [0, 0.05) is 27.2 Å². The van der Waals surface area contributed by atoms with E-state index in [1.165, 1.54) is 33.4 Å². The summed E-state index contributed by atoms with van der Waals surface area (Å²) in [6.07, 6.45) is 1.34. The van der Waals surface area contributed by atoms with E-state index >= 15 is 0 Å². The lowest BCUT2D eigenvalue weighted by atomic mass is 10.2. The van der Waals surface area contributed by atoms with Crippen molar-refractivity contribution < 1.29 is 28.6 Å². The maximum Gasteiger partial charge on any atom is 0.303 e. The van der Waals surface area contributed by atoms with Gasteiger partial charge in [-0.2, -0.15) is 0 Å². The minimum atomic E-state index is -0.709. The van der Waals surface area contributed by atoms with Crippen LogP contribution in [0.3, 0.4) is 0 Å². The van der Waals surface area contributed by atoms with Crippen LogP contribution < -0.4 is 5.32 Å². The van der Waals surface area contributed by atoms with E-state index in [0.29, 0.717) is 17.6 Å². The van der Waals surface area contributed by atoms with E-state index in [4.69, 9.17) is 14.2 Å². The Labute approximate surface area is 154 Å².